The molecular weight excluding hydrogens is 677 g/mol. The molecule has 0 heterocycles. The van der Waals surface area contributed by atoms with Gasteiger partial charge in [-0.15, -0.1) is 0 Å². The van der Waals surface area contributed by atoms with Crippen LogP contribution in [0.3, 0.4) is 0 Å². The normalized spacial score (nSPS) is 14.0. The molecule has 52 heavy (non-hydrogen) atoms. The first kappa shape index (κ1) is 49.7. The molecule has 0 aromatic carbocycles. The zero-order chi connectivity index (χ0) is 38.2. The van der Waals surface area contributed by atoms with Gasteiger partial charge in [-0.2, -0.15) is 0 Å². The number of rotatable bonds is 37. The summed E-state index contributed by atoms with van der Waals surface area (Å²) in [5, 5.41) is 0. The van der Waals surface area contributed by atoms with Gasteiger partial charge in [0.25, 0.3) is 0 Å². The van der Waals surface area contributed by atoms with Crippen LogP contribution < -0.4 is 5.73 Å². The molecule has 9 nitrogen and oxygen atoms in total. The van der Waals surface area contributed by atoms with Gasteiger partial charge in [0.1, 0.15) is 6.61 Å². The zero-order valence-electron chi connectivity index (χ0n) is 32.8. The third-order valence-electron chi connectivity index (χ3n) is 8.11. The quantitative estimate of drug-likeness (QED) is 0.0275. The second-order valence-corrected chi connectivity index (χ2v) is 14.6. The Morgan fingerprint density at radius 2 is 1.04 bits per heavy atom. The molecule has 0 saturated carbocycles. The summed E-state index contributed by atoms with van der Waals surface area (Å²) in [6.45, 7) is 3.59. The number of carbonyl (C=O) groups is 2. The van der Waals surface area contributed by atoms with E-state index >= 15 is 0 Å². The molecule has 10 heteroatoms. The number of ether oxygens (including phenoxy) is 2. The molecule has 0 saturated heterocycles. The van der Waals surface area contributed by atoms with Crippen molar-refractivity contribution in [3.8, 4) is 0 Å². The van der Waals surface area contributed by atoms with Crippen molar-refractivity contribution in [2.75, 3.05) is 26.4 Å². The van der Waals surface area contributed by atoms with E-state index in [-0.39, 0.29) is 32.6 Å². The number of carbonyl (C=O) groups excluding carboxylic acids is 2. The lowest BCUT2D eigenvalue weighted by molar-refractivity contribution is -0.161. The number of esters is 2. The van der Waals surface area contributed by atoms with Crippen LogP contribution in [0.1, 0.15) is 162 Å². The zero-order valence-corrected chi connectivity index (χ0v) is 33.7. The second-order valence-electron chi connectivity index (χ2n) is 13.1. The lowest BCUT2D eigenvalue weighted by Gasteiger charge is -2.19. The minimum absolute atomic E-state index is 0.0442. The predicted octanol–water partition coefficient (Wildman–Crippen LogP) is 11.3. The molecule has 2 atom stereocenters. The fourth-order valence-corrected chi connectivity index (χ4v) is 5.85. The summed E-state index contributed by atoms with van der Waals surface area (Å²) in [7, 11) is -4.39. The molecule has 0 spiro atoms. The van der Waals surface area contributed by atoms with Crippen LogP contribution in [0.4, 0.5) is 0 Å². The fraction of sp³-hybridized carbons (Fsp3) is 0.714. The second kappa shape index (κ2) is 38.4. The van der Waals surface area contributed by atoms with Crippen molar-refractivity contribution in [3.63, 3.8) is 0 Å². The molecule has 0 radical (unpaired) electrons. The van der Waals surface area contributed by atoms with E-state index in [0.29, 0.717) is 12.8 Å². The maximum absolute atomic E-state index is 12.5. The lowest BCUT2D eigenvalue weighted by atomic mass is 10.1. The maximum atomic E-state index is 12.5. The van der Waals surface area contributed by atoms with Crippen LogP contribution in [0.2, 0.25) is 0 Å². The number of phosphoric acid groups is 1. The summed E-state index contributed by atoms with van der Waals surface area (Å²) in [6, 6.07) is 0. The standard InChI is InChI=1S/C42H74NO8P/c1-3-5-7-9-11-13-15-17-19-20-21-23-25-27-29-31-33-35-42(45)51-40(39-50-52(46,47)49-37-36-43)38-48-41(44)34-32-30-28-26-24-22-18-16-14-12-10-8-6-4-2/h7,9,13,15-16,18-20,23,25,40H,3-6,8,10-12,14,17,21-22,24,26-39,43H2,1-2H3,(H,46,47)/b9-7+,15-13+,18-16+,20-19+,25-23+/t40-/m1/s1. The Morgan fingerprint density at radius 3 is 1.60 bits per heavy atom. The molecule has 0 aromatic rings. The number of allylic oxidation sites excluding steroid dienone is 10. The SMILES string of the molecule is CCC/C=C/C/C=C/C/C=C/C/C=C/CCCCCC(=O)O[C@H](COC(=O)CCCCCCC/C=C/CCCCCCC)COP(=O)(O)OCCN. The highest BCUT2D eigenvalue weighted by atomic mass is 31.2. The summed E-state index contributed by atoms with van der Waals surface area (Å²) in [4.78, 5) is 34.8. The molecule has 0 fully saturated rings. The minimum atomic E-state index is -4.39. The Morgan fingerprint density at radius 1 is 0.577 bits per heavy atom. The Bertz CT molecular complexity index is 1040. The number of hydrogen-bond acceptors (Lipinski definition) is 8. The van der Waals surface area contributed by atoms with Gasteiger partial charge in [0, 0.05) is 19.4 Å². The van der Waals surface area contributed by atoms with E-state index in [4.69, 9.17) is 24.3 Å². The van der Waals surface area contributed by atoms with E-state index in [1.54, 1.807) is 0 Å². The molecule has 0 aliphatic heterocycles. The first-order chi connectivity index (χ1) is 25.3. The van der Waals surface area contributed by atoms with Gasteiger partial charge in [0.2, 0.25) is 0 Å². The lowest BCUT2D eigenvalue weighted by Crippen LogP contribution is -2.29. The van der Waals surface area contributed by atoms with E-state index < -0.39 is 32.5 Å². The van der Waals surface area contributed by atoms with Crippen molar-refractivity contribution in [1.29, 1.82) is 0 Å². The molecule has 3 N–H and O–H groups in total. The van der Waals surface area contributed by atoms with Crippen molar-refractivity contribution < 1.29 is 37.6 Å². The smallest absolute Gasteiger partial charge is 0.462 e. The topological polar surface area (TPSA) is 134 Å². The third kappa shape index (κ3) is 37.5. The number of hydrogen-bond donors (Lipinski definition) is 2. The summed E-state index contributed by atoms with van der Waals surface area (Å²) in [5.41, 5.74) is 5.33. The number of phosphoric ester groups is 1. The van der Waals surface area contributed by atoms with Crippen molar-refractivity contribution in [1.82, 2.24) is 0 Å². The van der Waals surface area contributed by atoms with E-state index in [2.05, 4.69) is 74.6 Å². The van der Waals surface area contributed by atoms with Crippen LogP contribution in [0.5, 0.6) is 0 Å². The van der Waals surface area contributed by atoms with Crippen LogP contribution in [-0.4, -0.2) is 49.3 Å². The van der Waals surface area contributed by atoms with Crippen LogP contribution in [0.25, 0.3) is 0 Å². The summed E-state index contributed by atoms with van der Waals surface area (Å²) < 4.78 is 32.7. The minimum Gasteiger partial charge on any atom is -0.462 e. The van der Waals surface area contributed by atoms with Gasteiger partial charge in [-0.3, -0.25) is 18.6 Å². The van der Waals surface area contributed by atoms with Crippen LogP contribution in [0, 0.1) is 0 Å². The largest absolute Gasteiger partial charge is 0.472 e. The van der Waals surface area contributed by atoms with Crippen LogP contribution in [0.15, 0.2) is 60.8 Å². The highest BCUT2D eigenvalue weighted by Gasteiger charge is 2.25. The Kier molecular flexibility index (Phi) is 36.7. The molecule has 0 rings (SSSR count). The molecule has 300 valence electrons. The molecule has 0 bridgehead atoms. The number of unbranched alkanes of at least 4 members (excludes halogenated alkanes) is 14. The molecule has 0 amide bonds. The summed E-state index contributed by atoms with van der Waals surface area (Å²) in [5.74, 6) is -0.880. The van der Waals surface area contributed by atoms with Gasteiger partial charge in [0.15, 0.2) is 6.10 Å². The van der Waals surface area contributed by atoms with Crippen molar-refractivity contribution in [2.45, 2.75) is 168 Å². The fourth-order valence-electron chi connectivity index (χ4n) is 5.09. The van der Waals surface area contributed by atoms with E-state index in [1.807, 2.05) is 0 Å². The van der Waals surface area contributed by atoms with Gasteiger partial charge in [0.05, 0.1) is 13.2 Å². The van der Waals surface area contributed by atoms with Gasteiger partial charge in [-0.1, -0.05) is 132 Å². The van der Waals surface area contributed by atoms with Crippen molar-refractivity contribution >= 4 is 19.8 Å². The molecular formula is C42H74NO8P. The average Bonchev–Trinajstić information content (AvgIpc) is 3.13. The van der Waals surface area contributed by atoms with E-state index in [9.17, 15) is 19.0 Å². The van der Waals surface area contributed by atoms with E-state index in [0.717, 1.165) is 77.0 Å². The first-order valence-corrected chi connectivity index (χ1v) is 21.8. The monoisotopic (exact) mass is 752 g/mol. The van der Waals surface area contributed by atoms with Crippen molar-refractivity contribution in [3.05, 3.63) is 60.8 Å². The Labute approximate surface area is 317 Å². The number of nitrogens with two attached hydrogens (primary N) is 1. The molecule has 1 unspecified atom stereocenters. The summed E-state index contributed by atoms with van der Waals surface area (Å²) in [6.07, 6.45) is 43.9. The summed E-state index contributed by atoms with van der Waals surface area (Å²) >= 11 is 0. The highest BCUT2D eigenvalue weighted by molar-refractivity contribution is 7.47. The maximum Gasteiger partial charge on any atom is 0.472 e. The van der Waals surface area contributed by atoms with Crippen molar-refractivity contribution in [2.24, 2.45) is 5.73 Å². The first-order valence-electron chi connectivity index (χ1n) is 20.3. The Balaban J connectivity index is 4.29. The average molecular weight is 752 g/mol. The Hall–Kier alpha value is -2.29. The van der Waals surface area contributed by atoms with Gasteiger partial charge in [-0.05, 0) is 77.0 Å². The predicted molar refractivity (Wildman–Crippen MR) is 215 cm³/mol. The van der Waals surface area contributed by atoms with Gasteiger partial charge < -0.3 is 20.1 Å². The highest BCUT2D eigenvalue weighted by Crippen LogP contribution is 2.43. The molecule has 0 aliphatic rings. The third-order valence-corrected chi connectivity index (χ3v) is 9.09. The van der Waals surface area contributed by atoms with E-state index in [1.165, 1.54) is 44.9 Å². The molecule has 0 aliphatic carbocycles. The van der Waals surface area contributed by atoms with Crippen LogP contribution >= 0.6 is 7.82 Å². The molecule has 0 aromatic heterocycles. The van der Waals surface area contributed by atoms with Gasteiger partial charge in [-0.25, -0.2) is 4.57 Å². The van der Waals surface area contributed by atoms with Gasteiger partial charge >= 0.3 is 19.8 Å². The van der Waals surface area contributed by atoms with Crippen LogP contribution in [-0.2, 0) is 32.7 Å².